The van der Waals surface area contributed by atoms with Crippen LogP contribution in [0, 0.1) is 0 Å². The van der Waals surface area contributed by atoms with E-state index in [-0.39, 0.29) is 24.8 Å². The van der Waals surface area contributed by atoms with Gasteiger partial charge in [0.25, 0.3) is 0 Å². The molecule has 0 radical (unpaired) electrons. The normalized spacial score (nSPS) is 28.5. The van der Waals surface area contributed by atoms with Crippen LogP contribution in [0.2, 0.25) is 0 Å². The first kappa shape index (κ1) is 12.5. The van der Waals surface area contributed by atoms with Crippen LogP contribution in [-0.4, -0.2) is 38.4 Å². The van der Waals surface area contributed by atoms with Crippen LogP contribution in [-0.2, 0) is 4.74 Å². The molecule has 0 amide bonds. The zero-order valence-electron chi connectivity index (χ0n) is 6.91. The van der Waals surface area contributed by atoms with E-state index in [1.54, 1.807) is 0 Å². The zero-order valence-corrected chi connectivity index (χ0v) is 8.55. The molecule has 2 N–H and O–H groups in total. The molecule has 1 atom stereocenters. The molecule has 12 heavy (non-hydrogen) atoms. The summed E-state index contributed by atoms with van der Waals surface area (Å²) in [7, 11) is 0. The van der Waals surface area contributed by atoms with Crippen molar-refractivity contribution < 1.29 is 4.74 Å². The fraction of sp³-hybridized carbons (Fsp3) is 1.00. The van der Waals surface area contributed by atoms with Gasteiger partial charge in [0.2, 0.25) is 0 Å². The lowest BCUT2D eigenvalue weighted by Crippen LogP contribution is -2.58. The number of hydrogen-bond donors (Lipinski definition) is 2. The van der Waals surface area contributed by atoms with E-state index in [0.29, 0.717) is 12.1 Å². The van der Waals surface area contributed by atoms with Crippen molar-refractivity contribution in [1.82, 2.24) is 10.6 Å². The maximum Gasteiger partial charge on any atom is 0.0620 e. The van der Waals surface area contributed by atoms with Crippen LogP contribution in [0.5, 0.6) is 0 Å². The van der Waals surface area contributed by atoms with Crippen LogP contribution < -0.4 is 10.6 Å². The van der Waals surface area contributed by atoms with Gasteiger partial charge in [-0.25, -0.2) is 0 Å². The van der Waals surface area contributed by atoms with E-state index in [1.165, 1.54) is 6.42 Å². The summed E-state index contributed by atoms with van der Waals surface area (Å²) in [5.41, 5.74) is 0. The van der Waals surface area contributed by atoms with Crippen LogP contribution in [0.4, 0.5) is 0 Å². The number of halogens is 2. The molecule has 2 aliphatic heterocycles. The van der Waals surface area contributed by atoms with Crippen LogP contribution in [0.15, 0.2) is 0 Å². The van der Waals surface area contributed by atoms with Crippen molar-refractivity contribution in [3.05, 3.63) is 0 Å². The Kier molecular flexibility index (Phi) is 6.23. The Morgan fingerprint density at radius 2 is 1.92 bits per heavy atom. The van der Waals surface area contributed by atoms with E-state index in [9.17, 15) is 0 Å². The Morgan fingerprint density at radius 1 is 1.17 bits per heavy atom. The molecule has 2 aliphatic rings. The summed E-state index contributed by atoms with van der Waals surface area (Å²) in [6, 6.07) is 1.35. The average Bonchev–Trinajstić information content (AvgIpc) is 2.29. The van der Waals surface area contributed by atoms with E-state index in [1.807, 2.05) is 0 Å². The molecule has 0 bridgehead atoms. The molecule has 2 rings (SSSR count). The van der Waals surface area contributed by atoms with Crippen molar-refractivity contribution in [3.63, 3.8) is 0 Å². The second kappa shape index (κ2) is 6.00. The van der Waals surface area contributed by atoms with Gasteiger partial charge >= 0.3 is 0 Å². The molecule has 0 aromatic rings. The molecule has 1 unspecified atom stereocenters. The molecule has 0 spiro atoms. The van der Waals surface area contributed by atoms with Gasteiger partial charge in [-0.2, -0.15) is 0 Å². The highest BCUT2D eigenvalue weighted by Crippen LogP contribution is 2.05. The van der Waals surface area contributed by atoms with Gasteiger partial charge in [-0.15, -0.1) is 24.8 Å². The molecule has 2 fully saturated rings. The van der Waals surface area contributed by atoms with Crippen molar-refractivity contribution in [1.29, 1.82) is 0 Å². The first-order valence-electron chi connectivity index (χ1n) is 3.99. The first-order valence-corrected chi connectivity index (χ1v) is 3.99. The second-order valence-corrected chi connectivity index (χ2v) is 3.08. The Labute approximate surface area is 85.4 Å². The smallest absolute Gasteiger partial charge is 0.0620 e. The van der Waals surface area contributed by atoms with Gasteiger partial charge in [0.15, 0.2) is 0 Å². The number of nitrogens with one attached hydrogen (secondary N) is 2. The summed E-state index contributed by atoms with van der Waals surface area (Å²) in [5.74, 6) is 0. The van der Waals surface area contributed by atoms with Gasteiger partial charge in [-0.3, -0.25) is 0 Å². The van der Waals surface area contributed by atoms with E-state index in [2.05, 4.69) is 10.6 Å². The third kappa shape index (κ3) is 3.07. The van der Waals surface area contributed by atoms with Gasteiger partial charge in [-0.05, 0) is 6.42 Å². The molecule has 0 aromatic heterocycles. The van der Waals surface area contributed by atoms with Crippen LogP contribution in [0.25, 0.3) is 0 Å². The minimum Gasteiger partial charge on any atom is -0.380 e. The molecule has 2 heterocycles. The summed E-state index contributed by atoms with van der Waals surface area (Å²) in [5, 5.41) is 6.76. The van der Waals surface area contributed by atoms with E-state index >= 15 is 0 Å². The second-order valence-electron chi connectivity index (χ2n) is 3.08. The van der Waals surface area contributed by atoms with Gasteiger partial charge in [0.05, 0.1) is 6.61 Å². The summed E-state index contributed by atoms with van der Waals surface area (Å²) >= 11 is 0. The molecule has 5 heteroatoms. The van der Waals surface area contributed by atoms with Crippen LogP contribution in [0.1, 0.15) is 6.42 Å². The third-order valence-corrected chi connectivity index (χ3v) is 2.18. The lowest BCUT2D eigenvalue weighted by atomic mass is 10.1. The summed E-state index contributed by atoms with van der Waals surface area (Å²) < 4.78 is 5.24. The Hall–Kier alpha value is 0.460. The quantitative estimate of drug-likeness (QED) is 0.689. The SMILES string of the molecule is C1CC(NC2CNC2)CO1.Cl.Cl. The van der Waals surface area contributed by atoms with Gasteiger partial charge in [-0.1, -0.05) is 0 Å². The molecule has 0 aliphatic carbocycles. The van der Waals surface area contributed by atoms with E-state index in [4.69, 9.17) is 4.74 Å². The maximum atomic E-state index is 5.24. The predicted molar refractivity (Wildman–Crippen MR) is 53.5 cm³/mol. The Bertz CT molecular complexity index is 116. The third-order valence-electron chi connectivity index (χ3n) is 2.18. The molecule has 0 saturated carbocycles. The average molecular weight is 215 g/mol. The molecule has 2 saturated heterocycles. The molecular weight excluding hydrogens is 199 g/mol. The minimum atomic E-state index is 0. The fourth-order valence-electron chi connectivity index (χ4n) is 1.41. The van der Waals surface area contributed by atoms with E-state index in [0.717, 1.165) is 26.3 Å². The summed E-state index contributed by atoms with van der Waals surface area (Å²) in [4.78, 5) is 0. The number of ether oxygens (including phenoxy) is 1. The maximum absolute atomic E-state index is 5.24. The lowest BCUT2D eigenvalue weighted by molar-refractivity contribution is 0.185. The number of rotatable bonds is 2. The van der Waals surface area contributed by atoms with Crippen LogP contribution in [0.3, 0.4) is 0 Å². The first-order chi connectivity index (χ1) is 4.95. The summed E-state index contributed by atoms with van der Waals surface area (Å²) in [6.07, 6.45) is 1.19. The highest BCUT2D eigenvalue weighted by atomic mass is 35.5. The van der Waals surface area contributed by atoms with E-state index < -0.39 is 0 Å². The molecule has 3 nitrogen and oxygen atoms in total. The Morgan fingerprint density at radius 3 is 2.33 bits per heavy atom. The number of hydrogen-bond acceptors (Lipinski definition) is 3. The van der Waals surface area contributed by atoms with Crippen molar-refractivity contribution in [3.8, 4) is 0 Å². The largest absolute Gasteiger partial charge is 0.380 e. The highest BCUT2D eigenvalue weighted by molar-refractivity contribution is 5.85. The monoisotopic (exact) mass is 214 g/mol. The van der Waals surface area contributed by atoms with Gasteiger partial charge in [0, 0.05) is 31.8 Å². The molecular formula is C7H16Cl2N2O. The predicted octanol–water partition coefficient (Wildman–Crippen LogP) is 0.180. The topological polar surface area (TPSA) is 33.3 Å². The van der Waals surface area contributed by atoms with Gasteiger partial charge in [0.1, 0.15) is 0 Å². The van der Waals surface area contributed by atoms with Crippen molar-refractivity contribution >= 4 is 24.8 Å². The Balaban J connectivity index is 0.000000605. The highest BCUT2D eigenvalue weighted by Gasteiger charge is 2.22. The summed E-state index contributed by atoms with van der Waals surface area (Å²) in [6.45, 7) is 4.13. The van der Waals surface area contributed by atoms with Crippen molar-refractivity contribution in [2.45, 2.75) is 18.5 Å². The van der Waals surface area contributed by atoms with Crippen LogP contribution >= 0.6 is 24.8 Å². The minimum absolute atomic E-state index is 0. The van der Waals surface area contributed by atoms with Crippen molar-refractivity contribution in [2.75, 3.05) is 26.3 Å². The lowest BCUT2D eigenvalue weighted by Gasteiger charge is -2.30. The molecule has 74 valence electrons. The standard InChI is InChI=1S/C7H14N2O.2ClH/c1-2-10-5-6(1)9-7-3-8-4-7;;/h6-9H,1-5H2;2*1H. The van der Waals surface area contributed by atoms with Gasteiger partial charge < -0.3 is 15.4 Å². The van der Waals surface area contributed by atoms with Crippen molar-refractivity contribution in [2.24, 2.45) is 0 Å². The zero-order chi connectivity index (χ0) is 6.81. The fourth-order valence-corrected chi connectivity index (χ4v) is 1.41. The molecule has 0 aromatic carbocycles.